The Labute approximate surface area is 111 Å². The smallest absolute Gasteiger partial charge is 0.243 e. The van der Waals surface area contributed by atoms with Crippen LogP contribution in [0.25, 0.3) is 0 Å². The van der Waals surface area contributed by atoms with Gasteiger partial charge in [0.1, 0.15) is 4.90 Å². The zero-order chi connectivity index (χ0) is 13.7. The van der Waals surface area contributed by atoms with Gasteiger partial charge < -0.3 is 5.73 Å². The molecule has 2 aromatic rings. The molecular formula is C12H14N4O2S. The molecule has 0 atom stereocenters. The third-order valence-corrected chi connectivity index (χ3v) is 3.92. The monoisotopic (exact) mass is 278 g/mol. The normalized spacial score (nSPS) is 11.4. The summed E-state index contributed by atoms with van der Waals surface area (Å²) in [7, 11) is -3.58. The lowest BCUT2D eigenvalue weighted by Crippen LogP contribution is -2.26. The minimum Gasteiger partial charge on any atom is -0.368 e. The summed E-state index contributed by atoms with van der Waals surface area (Å²) in [6.07, 6.45) is 3.00. The molecule has 0 saturated carbocycles. The van der Waals surface area contributed by atoms with E-state index in [-0.39, 0.29) is 10.8 Å². The first-order valence-corrected chi connectivity index (χ1v) is 7.17. The molecule has 0 spiro atoms. The summed E-state index contributed by atoms with van der Waals surface area (Å²) in [4.78, 5) is 7.33. The lowest BCUT2D eigenvalue weighted by molar-refractivity contribution is 0.581. The maximum Gasteiger partial charge on any atom is 0.243 e. The van der Waals surface area contributed by atoms with Gasteiger partial charge in [-0.25, -0.2) is 23.1 Å². The quantitative estimate of drug-likeness (QED) is 0.833. The van der Waals surface area contributed by atoms with Crippen molar-refractivity contribution in [2.45, 2.75) is 11.3 Å². The van der Waals surface area contributed by atoms with Crippen LogP contribution in [-0.2, 0) is 16.4 Å². The van der Waals surface area contributed by atoms with Gasteiger partial charge in [0.25, 0.3) is 0 Å². The number of nitrogen functional groups attached to an aromatic ring is 1. The van der Waals surface area contributed by atoms with Gasteiger partial charge in [-0.1, -0.05) is 30.3 Å². The number of nitrogens with one attached hydrogen (secondary N) is 1. The van der Waals surface area contributed by atoms with Crippen molar-refractivity contribution in [3.05, 3.63) is 48.3 Å². The van der Waals surface area contributed by atoms with E-state index in [0.29, 0.717) is 13.0 Å². The van der Waals surface area contributed by atoms with Gasteiger partial charge in [0, 0.05) is 6.54 Å². The van der Waals surface area contributed by atoms with Crippen LogP contribution in [0.4, 0.5) is 5.95 Å². The Morgan fingerprint density at radius 3 is 2.37 bits per heavy atom. The number of benzene rings is 1. The maximum absolute atomic E-state index is 11.9. The van der Waals surface area contributed by atoms with E-state index in [9.17, 15) is 8.42 Å². The zero-order valence-corrected chi connectivity index (χ0v) is 11.0. The van der Waals surface area contributed by atoms with E-state index < -0.39 is 10.0 Å². The number of nitrogens with zero attached hydrogens (tertiary/aromatic N) is 2. The molecule has 0 fully saturated rings. The van der Waals surface area contributed by atoms with Gasteiger partial charge in [-0.05, 0) is 12.0 Å². The van der Waals surface area contributed by atoms with Crippen molar-refractivity contribution in [3.63, 3.8) is 0 Å². The van der Waals surface area contributed by atoms with Gasteiger partial charge in [-0.2, -0.15) is 0 Å². The summed E-state index contributed by atoms with van der Waals surface area (Å²) >= 11 is 0. The van der Waals surface area contributed by atoms with Crippen LogP contribution in [0.2, 0.25) is 0 Å². The van der Waals surface area contributed by atoms with E-state index in [1.165, 1.54) is 12.4 Å². The SMILES string of the molecule is Nc1ncc(S(=O)(=O)NCCc2ccccc2)cn1. The van der Waals surface area contributed by atoms with Gasteiger partial charge in [0.05, 0.1) is 12.4 Å². The minimum atomic E-state index is -3.58. The second kappa shape index (κ2) is 5.77. The fourth-order valence-corrected chi connectivity index (χ4v) is 2.44. The van der Waals surface area contributed by atoms with Crippen molar-refractivity contribution in [2.24, 2.45) is 0 Å². The molecule has 0 saturated heterocycles. The molecule has 1 aromatic carbocycles. The Bertz CT molecular complexity index is 627. The molecule has 0 aliphatic heterocycles. The number of anilines is 1. The number of nitrogens with two attached hydrogens (primary N) is 1. The van der Waals surface area contributed by atoms with E-state index >= 15 is 0 Å². The van der Waals surface area contributed by atoms with Crippen LogP contribution in [0.1, 0.15) is 5.56 Å². The van der Waals surface area contributed by atoms with Gasteiger partial charge in [-0.3, -0.25) is 0 Å². The summed E-state index contributed by atoms with van der Waals surface area (Å²) < 4.78 is 26.3. The molecule has 0 aliphatic carbocycles. The van der Waals surface area contributed by atoms with E-state index in [2.05, 4.69) is 14.7 Å². The molecule has 0 aliphatic rings. The van der Waals surface area contributed by atoms with Crippen LogP contribution in [0.5, 0.6) is 0 Å². The van der Waals surface area contributed by atoms with Gasteiger partial charge in [0.15, 0.2) is 0 Å². The van der Waals surface area contributed by atoms with Crippen LogP contribution < -0.4 is 10.5 Å². The van der Waals surface area contributed by atoms with Crippen LogP contribution in [0.15, 0.2) is 47.6 Å². The first kappa shape index (κ1) is 13.4. The highest BCUT2D eigenvalue weighted by atomic mass is 32.2. The second-order valence-corrected chi connectivity index (χ2v) is 5.68. The van der Waals surface area contributed by atoms with Gasteiger partial charge in [0.2, 0.25) is 16.0 Å². The molecule has 1 heterocycles. The molecule has 7 heteroatoms. The summed E-state index contributed by atoms with van der Waals surface area (Å²) in [6, 6.07) is 9.63. The fraction of sp³-hybridized carbons (Fsp3) is 0.167. The number of sulfonamides is 1. The minimum absolute atomic E-state index is 0.00904. The standard InChI is InChI=1S/C12H14N4O2S/c13-12-14-8-11(9-15-12)19(17,18)16-7-6-10-4-2-1-3-5-10/h1-5,8-9,16H,6-7H2,(H2,13,14,15). The Kier molecular flexibility index (Phi) is 4.08. The number of hydrogen-bond donors (Lipinski definition) is 2. The summed E-state index contributed by atoms with van der Waals surface area (Å²) in [5.41, 5.74) is 6.38. The molecule has 3 N–H and O–H groups in total. The Hall–Kier alpha value is -1.99. The predicted molar refractivity (Wildman–Crippen MR) is 71.8 cm³/mol. The van der Waals surface area contributed by atoms with Crippen LogP contribution >= 0.6 is 0 Å². The van der Waals surface area contributed by atoms with E-state index in [1.54, 1.807) is 0 Å². The van der Waals surface area contributed by atoms with Gasteiger partial charge in [-0.15, -0.1) is 0 Å². The molecule has 0 bridgehead atoms. The van der Waals surface area contributed by atoms with Gasteiger partial charge >= 0.3 is 0 Å². The Morgan fingerprint density at radius 2 is 1.74 bits per heavy atom. The number of aromatic nitrogens is 2. The third kappa shape index (κ3) is 3.73. The molecule has 19 heavy (non-hydrogen) atoms. The largest absolute Gasteiger partial charge is 0.368 e. The molecule has 0 unspecified atom stereocenters. The predicted octanol–water partition coefficient (Wildman–Crippen LogP) is 0.580. The molecular weight excluding hydrogens is 264 g/mol. The molecule has 0 radical (unpaired) electrons. The van der Waals surface area contributed by atoms with Crippen LogP contribution in [0, 0.1) is 0 Å². The maximum atomic E-state index is 11.9. The fourth-order valence-electron chi connectivity index (χ4n) is 1.52. The summed E-state index contributed by atoms with van der Waals surface area (Å²) in [5.74, 6) is 0.0447. The van der Waals surface area contributed by atoms with Crippen molar-refractivity contribution in [1.29, 1.82) is 0 Å². The molecule has 100 valence electrons. The highest BCUT2D eigenvalue weighted by Crippen LogP contribution is 2.06. The Morgan fingerprint density at radius 1 is 1.11 bits per heavy atom. The molecule has 6 nitrogen and oxygen atoms in total. The van der Waals surface area contributed by atoms with Crippen LogP contribution in [0.3, 0.4) is 0 Å². The lowest BCUT2D eigenvalue weighted by Gasteiger charge is -2.06. The van der Waals surface area contributed by atoms with E-state index in [0.717, 1.165) is 5.56 Å². The molecule has 2 rings (SSSR count). The van der Waals surface area contributed by atoms with E-state index in [4.69, 9.17) is 5.73 Å². The van der Waals surface area contributed by atoms with Crippen molar-refractivity contribution in [1.82, 2.24) is 14.7 Å². The first-order valence-electron chi connectivity index (χ1n) is 5.69. The average molecular weight is 278 g/mol. The van der Waals surface area contributed by atoms with E-state index in [1.807, 2.05) is 30.3 Å². The van der Waals surface area contributed by atoms with Crippen molar-refractivity contribution in [2.75, 3.05) is 12.3 Å². The topological polar surface area (TPSA) is 98.0 Å². The van der Waals surface area contributed by atoms with Crippen molar-refractivity contribution < 1.29 is 8.42 Å². The highest BCUT2D eigenvalue weighted by Gasteiger charge is 2.14. The molecule has 0 amide bonds. The lowest BCUT2D eigenvalue weighted by atomic mass is 10.2. The first-order chi connectivity index (χ1) is 9.08. The second-order valence-electron chi connectivity index (χ2n) is 3.91. The van der Waals surface area contributed by atoms with Crippen LogP contribution in [-0.4, -0.2) is 24.9 Å². The highest BCUT2D eigenvalue weighted by molar-refractivity contribution is 7.89. The van der Waals surface area contributed by atoms with Crippen molar-refractivity contribution in [3.8, 4) is 0 Å². The third-order valence-electron chi connectivity index (χ3n) is 2.51. The zero-order valence-electron chi connectivity index (χ0n) is 10.2. The summed E-state index contributed by atoms with van der Waals surface area (Å²) in [5, 5.41) is 0. The Balaban J connectivity index is 1.97. The average Bonchev–Trinajstić information content (AvgIpc) is 2.40. The summed E-state index contributed by atoms with van der Waals surface area (Å²) in [6.45, 7) is 0.316. The van der Waals surface area contributed by atoms with Crippen molar-refractivity contribution >= 4 is 16.0 Å². The molecule has 1 aromatic heterocycles. The number of rotatable bonds is 5. The number of hydrogen-bond acceptors (Lipinski definition) is 5.